The van der Waals surface area contributed by atoms with Gasteiger partial charge in [-0.15, -0.1) is 11.8 Å². The number of ether oxygens (including phenoxy) is 1. The first-order valence-corrected chi connectivity index (χ1v) is 11.3. The van der Waals surface area contributed by atoms with Crippen molar-refractivity contribution in [3.8, 4) is 22.9 Å². The third-order valence-electron chi connectivity index (χ3n) is 4.61. The second-order valence-corrected chi connectivity index (χ2v) is 9.64. The molecule has 3 aromatic rings. The van der Waals surface area contributed by atoms with Crippen LogP contribution in [-0.2, 0) is 14.9 Å². The van der Waals surface area contributed by atoms with Crippen molar-refractivity contribution in [1.82, 2.24) is 4.57 Å². The van der Waals surface area contributed by atoms with Crippen LogP contribution < -0.4 is 10.3 Å². The molecule has 0 radical (unpaired) electrons. The maximum Gasteiger partial charge on any atom is 0.321 e. The van der Waals surface area contributed by atoms with Crippen LogP contribution in [0.15, 0.2) is 65.6 Å². The van der Waals surface area contributed by atoms with Crippen LogP contribution in [0.1, 0.15) is 21.0 Å². The molecule has 0 amide bonds. The monoisotopic (exact) mass is 461 g/mol. The number of fused-ring (bicyclic) bond motifs is 1. The molecule has 2 aromatic carbocycles. The number of hydrogen-bond acceptors (Lipinski definition) is 7. The first-order chi connectivity index (χ1) is 14.7. The Hall–Kier alpha value is -3.28. The van der Waals surface area contributed by atoms with Gasteiger partial charge in [0.05, 0.1) is 11.8 Å². The molecule has 0 saturated carbocycles. The zero-order valence-corrected chi connectivity index (χ0v) is 17.2. The Balaban J connectivity index is 1.77. The van der Waals surface area contributed by atoms with Crippen molar-refractivity contribution < 1.29 is 32.7 Å². The predicted molar refractivity (Wildman–Crippen MR) is 112 cm³/mol. The fourth-order valence-electron chi connectivity index (χ4n) is 3.29. The third-order valence-corrected chi connectivity index (χ3v) is 7.65. The zero-order chi connectivity index (χ0) is 22.3. The number of nitrogens with zero attached hydrogens (tertiary/aromatic N) is 1. The van der Waals surface area contributed by atoms with Crippen LogP contribution in [0.5, 0.6) is 17.2 Å². The number of benzene rings is 2. The molecule has 0 spiro atoms. The molecule has 0 aliphatic carbocycles. The number of para-hydroxylation sites is 1. The minimum atomic E-state index is -4.76. The lowest BCUT2D eigenvalue weighted by atomic mass is 10.1. The van der Waals surface area contributed by atoms with E-state index in [1.165, 1.54) is 12.1 Å². The average Bonchev–Trinajstić information content (AvgIpc) is 3.15. The number of carbonyl (C=O) groups is 1. The maximum atomic E-state index is 13.0. The van der Waals surface area contributed by atoms with E-state index in [4.69, 9.17) is 4.74 Å². The molecule has 2 heterocycles. The summed E-state index contributed by atoms with van der Waals surface area (Å²) in [5.74, 6) is -0.977. The highest BCUT2D eigenvalue weighted by Crippen LogP contribution is 2.54. The van der Waals surface area contributed by atoms with Crippen LogP contribution in [0.2, 0.25) is 0 Å². The van der Waals surface area contributed by atoms with Crippen LogP contribution in [-0.4, -0.2) is 33.7 Å². The Labute approximate surface area is 180 Å². The first-order valence-electron chi connectivity index (χ1n) is 8.83. The fraction of sp³-hybridized carbons (Fsp3) is 0.100. The Kier molecular flexibility index (Phi) is 5.25. The van der Waals surface area contributed by atoms with Gasteiger partial charge in [0, 0.05) is 11.3 Å². The molecule has 2 atom stereocenters. The van der Waals surface area contributed by atoms with Gasteiger partial charge in [-0.1, -0.05) is 18.2 Å². The number of aromatic nitrogens is 1. The number of carboxylic acid groups (broad SMARTS) is 1. The van der Waals surface area contributed by atoms with Gasteiger partial charge in [-0.05, 0) is 36.4 Å². The molecule has 4 rings (SSSR count). The summed E-state index contributed by atoms with van der Waals surface area (Å²) in [5.41, 5.74) is -1.32. The zero-order valence-electron chi connectivity index (χ0n) is 15.6. The highest BCUT2D eigenvalue weighted by atomic mass is 32.3. The van der Waals surface area contributed by atoms with Crippen molar-refractivity contribution in [1.29, 1.82) is 0 Å². The second kappa shape index (κ2) is 7.76. The minimum Gasteiger partial charge on any atom is -0.506 e. The summed E-state index contributed by atoms with van der Waals surface area (Å²) in [6.45, 7) is 0. The first kappa shape index (κ1) is 21.0. The van der Waals surface area contributed by atoms with Gasteiger partial charge in [0.15, 0.2) is 4.58 Å². The Bertz CT molecular complexity index is 1320. The Morgan fingerprint density at radius 1 is 1.00 bits per heavy atom. The second-order valence-electron chi connectivity index (χ2n) is 6.63. The number of aliphatic carboxylic acids is 1. The normalized spacial score (nSPS) is 17.8. The van der Waals surface area contributed by atoms with Gasteiger partial charge in [-0.25, -0.2) is 0 Å². The van der Waals surface area contributed by atoms with Gasteiger partial charge in [-0.2, -0.15) is 8.42 Å². The van der Waals surface area contributed by atoms with Crippen molar-refractivity contribution in [2.75, 3.05) is 0 Å². The van der Waals surface area contributed by atoms with Crippen LogP contribution in [0.25, 0.3) is 5.69 Å². The lowest BCUT2D eigenvalue weighted by Crippen LogP contribution is -2.25. The molecule has 1 aromatic heterocycles. The lowest BCUT2D eigenvalue weighted by Gasteiger charge is -2.13. The maximum absolute atomic E-state index is 13.0. The van der Waals surface area contributed by atoms with E-state index in [0.717, 1.165) is 10.8 Å². The van der Waals surface area contributed by atoms with E-state index in [1.54, 1.807) is 24.3 Å². The molecule has 0 fully saturated rings. The number of rotatable bonds is 5. The van der Waals surface area contributed by atoms with Crippen LogP contribution >= 0.6 is 11.8 Å². The summed E-state index contributed by atoms with van der Waals surface area (Å²) in [6, 6.07) is 15.2. The quantitative estimate of drug-likeness (QED) is 0.488. The van der Waals surface area contributed by atoms with E-state index in [2.05, 4.69) is 0 Å². The van der Waals surface area contributed by atoms with Crippen molar-refractivity contribution in [3.05, 3.63) is 82.3 Å². The fourth-order valence-corrected chi connectivity index (χ4v) is 5.84. The van der Waals surface area contributed by atoms with Crippen molar-refractivity contribution in [2.45, 2.75) is 9.83 Å². The molecular weight excluding hydrogens is 446 g/mol. The van der Waals surface area contributed by atoms with Crippen molar-refractivity contribution >= 4 is 27.8 Å². The largest absolute Gasteiger partial charge is 0.506 e. The summed E-state index contributed by atoms with van der Waals surface area (Å²) in [6.07, 6.45) is 0.997. The number of hydrogen-bond donors (Lipinski definition) is 3. The van der Waals surface area contributed by atoms with Gasteiger partial charge in [0.2, 0.25) is 0 Å². The topological polar surface area (TPSA) is 143 Å². The van der Waals surface area contributed by atoms with Crippen LogP contribution in [0.3, 0.4) is 0 Å². The molecule has 31 heavy (non-hydrogen) atoms. The summed E-state index contributed by atoms with van der Waals surface area (Å²) in [7, 11) is -4.76. The molecule has 11 heteroatoms. The smallest absolute Gasteiger partial charge is 0.321 e. The van der Waals surface area contributed by atoms with E-state index in [1.807, 2.05) is 18.2 Å². The minimum absolute atomic E-state index is 0.299. The summed E-state index contributed by atoms with van der Waals surface area (Å²) < 4.78 is 37.7. The predicted octanol–water partition coefficient (Wildman–Crippen LogP) is 3.09. The highest BCUT2D eigenvalue weighted by Gasteiger charge is 2.46. The Morgan fingerprint density at radius 3 is 2.19 bits per heavy atom. The van der Waals surface area contributed by atoms with E-state index in [-0.39, 0.29) is 0 Å². The van der Waals surface area contributed by atoms with Gasteiger partial charge in [-0.3, -0.25) is 18.7 Å². The molecule has 0 bridgehead atoms. The molecule has 9 nitrogen and oxygen atoms in total. The highest BCUT2D eigenvalue weighted by molar-refractivity contribution is 8.11. The van der Waals surface area contributed by atoms with Gasteiger partial charge < -0.3 is 14.9 Å². The van der Waals surface area contributed by atoms with Crippen LogP contribution in [0, 0.1) is 0 Å². The third kappa shape index (κ3) is 3.90. The molecular formula is C20H15NO8S2. The van der Waals surface area contributed by atoms with Crippen molar-refractivity contribution in [3.63, 3.8) is 0 Å². The SMILES string of the molecule is O=C(O)C1SC(S(=O)(=O)O)c2c(O)cn(-c3ccc(Oc4ccccc4)cc3)c(=O)c21. The molecule has 160 valence electrons. The molecule has 2 unspecified atom stereocenters. The van der Waals surface area contributed by atoms with Crippen molar-refractivity contribution in [2.24, 2.45) is 0 Å². The lowest BCUT2D eigenvalue weighted by molar-refractivity contribution is -0.136. The van der Waals surface area contributed by atoms with Gasteiger partial charge in [0.1, 0.15) is 22.5 Å². The van der Waals surface area contributed by atoms with Gasteiger partial charge in [0.25, 0.3) is 15.7 Å². The average molecular weight is 461 g/mol. The van der Waals surface area contributed by atoms with Gasteiger partial charge >= 0.3 is 5.97 Å². The van der Waals surface area contributed by atoms with E-state index >= 15 is 0 Å². The molecule has 1 aliphatic rings. The molecule has 3 N–H and O–H groups in total. The summed E-state index contributed by atoms with van der Waals surface area (Å²) in [5, 5.41) is 18.3. The summed E-state index contributed by atoms with van der Waals surface area (Å²) >= 11 is 0.360. The molecule has 1 aliphatic heterocycles. The summed E-state index contributed by atoms with van der Waals surface area (Å²) in [4.78, 5) is 24.7. The Morgan fingerprint density at radius 2 is 1.61 bits per heavy atom. The van der Waals surface area contributed by atoms with E-state index in [0.29, 0.717) is 28.9 Å². The standard InChI is InChI=1S/C20H15NO8S2/c22-14-10-21(11-6-8-13(9-7-11)29-12-4-2-1-3-5-12)18(23)16-15(14)20(31(26,27)28)30-17(16)19(24)25/h1-10,17,20,22H,(H,24,25)(H,26,27,28). The number of aromatic hydroxyl groups is 1. The number of thioether (sulfide) groups is 1. The van der Waals surface area contributed by atoms with E-state index < -0.39 is 48.4 Å². The number of carboxylic acids is 1. The van der Waals surface area contributed by atoms with E-state index in [9.17, 15) is 32.8 Å². The van der Waals surface area contributed by atoms with Crippen LogP contribution in [0.4, 0.5) is 0 Å². The molecule has 0 saturated heterocycles. The number of pyridine rings is 1.